The van der Waals surface area contributed by atoms with Gasteiger partial charge in [-0.1, -0.05) is 0 Å². The van der Waals surface area contributed by atoms with Gasteiger partial charge in [-0.05, 0) is 24.3 Å². The van der Waals surface area contributed by atoms with Crippen LogP contribution in [0.15, 0.2) is 36.7 Å². The van der Waals surface area contributed by atoms with E-state index in [1.165, 1.54) is 18.5 Å². The maximum absolute atomic E-state index is 12.6. The molecule has 8 heteroatoms. The highest BCUT2D eigenvalue weighted by molar-refractivity contribution is 5.37. The number of benzene rings is 1. The van der Waals surface area contributed by atoms with E-state index in [4.69, 9.17) is 4.84 Å². The van der Waals surface area contributed by atoms with Crippen LogP contribution < -0.4 is 4.84 Å². The molecule has 1 radical (unpaired) electrons. The van der Waals surface area contributed by atoms with E-state index in [1.807, 2.05) is 0 Å². The Labute approximate surface area is 109 Å². The topological polar surface area (TPSA) is 14.2 Å². The van der Waals surface area contributed by atoms with Crippen LogP contribution in [0.3, 0.4) is 0 Å². The lowest BCUT2D eigenvalue weighted by atomic mass is 10.1. The van der Waals surface area contributed by atoms with Crippen molar-refractivity contribution in [2.45, 2.75) is 12.4 Å². The van der Waals surface area contributed by atoms with E-state index >= 15 is 0 Å². The van der Waals surface area contributed by atoms with Crippen LogP contribution in [0.2, 0.25) is 0 Å². The van der Waals surface area contributed by atoms with Gasteiger partial charge in [0.15, 0.2) is 5.75 Å². The van der Waals surface area contributed by atoms with Gasteiger partial charge in [0.2, 0.25) is 0 Å². The molecule has 1 aromatic carbocycles. The molecule has 0 aliphatic heterocycles. The zero-order valence-corrected chi connectivity index (χ0v) is 9.59. The second-order valence-corrected chi connectivity index (χ2v) is 3.80. The molecule has 0 spiro atoms. The number of rotatable bonds is 2. The molecule has 2 nitrogen and oxygen atoms in total. The molecule has 2 rings (SSSR count). The molecule has 20 heavy (non-hydrogen) atoms. The molecule has 0 amide bonds. The number of nitrogens with zero attached hydrogens (tertiary/aromatic N) is 1. The van der Waals surface area contributed by atoms with Gasteiger partial charge in [-0.25, -0.2) is 0 Å². The Morgan fingerprint density at radius 3 is 1.85 bits per heavy atom. The van der Waals surface area contributed by atoms with Crippen molar-refractivity contribution in [3.63, 3.8) is 0 Å². The van der Waals surface area contributed by atoms with Crippen LogP contribution in [0, 0.1) is 6.07 Å². The van der Waals surface area contributed by atoms with Crippen molar-refractivity contribution < 1.29 is 31.2 Å². The average Bonchev–Trinajstić information content (AvgIpc) is 2.79. The van der Waals surface area contributed by atoms with Crippen molar-refractivity contribution in [2.75, 3.05) is 0 Å². The van der Waals surface area contributed by atoms with Crippen LogP contribution in [0.25, 0.3) is 0 Å². The first-order chi connectivity index (χ1) is 9.16. The third-order valence-corrected chi connectivity index (χ3v) is 2.29. The molecule has 0 bridgehead atoms. The number of aromatic nitrogens is 1. The Kier molecular flexibility index (Phi) is 3.41. The van der Waals surface area contributed by atoms with E-state index in [2.05, 4.69) is 6.07 Å². The fourth-order valence-electron chi connectivity index (χ4n) is 1.43. The summed E-state index contributed by atoms with van der Waals surface area (Å²) in [5.74, 6) is -0.572. The largest absolute Gasteiger partial charge is 0.416 e. The first-order valence-electron chi connectivity index (χ1n) is 5.18. The number of hydrogen-bond acceptors (Lipinski definition) is 1. The molecule has 0 saturated heterocycles. The van der Waals surface area contributed by atoms with Crippen molar-refractivity contribution >= 4 is 0 Å². The summed E-state index contributed by atoms with van der Waals surface area (Å²) in [6.07, 6.45) is -7.30. The maximum atomic E-state index is 12.6. The molecule has 0 fully saturated rings. The highest BCUT2D eigenvalue weighted by atomic mass is 19.4. The van der Waals surface area contributed by atoms with Crippen LogP contribution in [0.1, 0.15) is 11.1 Å². The predicted molar refractivity (Wildman–Crippen MR) is 55.7 cm³/mol. The second-order valence-electron chi connectivity index (χ2n) is 3.80. The summed E-state index contributed by atoms with van der Waals surface area (Å²) < 4.78 is 76.4. The van der Waals surface area contributed by atoms with Crippen molar-refractivity contribution in [1.82, 2.24) is 4.73 Å². The number of alkyl halides is 6. The lowest BCUT2D eigenvalue weighted by molar-refractivity contribution is -0.143. The third kappa shape index (κ3) is 3.25. The molecule has 107 valence electrons. The van der Waals surface area contributed by atoms with Gasteiger partial charge in [0.05, 0.1) is 17.3 Å². The molecular weight excluding hydrogens is 288 g/mol. The first-order valence-corrected chi connectivity index (χ1v) is 5.18. The van der Waals surface area contributed by atoms with Gasteiger partial charge in [0.1, 0.15) is 0 Å². The van der Waals surface area contributed by atoms with Crippen LogP contribution in [-0.2, 0) is 12.4 Å². The van der Waals surface area contributed by atoms with Gasteiger partial charge in [0, 0.05) is 12.3 Å². The van der Waals surface area contributed by atoms with Crippen LogP contribution in [-0.4, -0.2) is 4.73 Å². The minimum atomic E-state index is -4.90. The Balaban J connectivity index is 2.46. The lowest BCUT2D eigenvalue weighted by Gasteiger charge is -2.14. The highest BCUT2D eigenvalue weighted by Gasteiger charge is 2.37. The number of hydrogen-bond donors (Lipinski definition) is 0. The van der Waals surface area contributed by atoms with E-state index in [9.17, 15) is 26.3 Å². The van der Waals surface area contributed by atoms with Crippen molar-refractivity contribution in [3.05, 3.63) is 53.9 Å². The van der Waals surface area contributed by atoms with Gasteiger partial charge < -0.3 is 4.84 Å². The summed E-state index contributed by atoms with van der Waals surface area (Å²) in [5.41, 5.74) is -2.86. The summed E-state index contributed by atoms with van der Waals surface area (Å²) in [6, 6.07) is 4.95. The SMILES string of the molecule is FC(F)(F)c1cc(On2c[c]cc2)cc(C(F)(F)F)c1. The summed E-state index contributed by atoms with van der Waals surface area (Å²) in [5, 5.41) is 0. The van der Waals surface area contributed by atoms with Crippen LogP contribution in [0.5, 0.6) is 5.75 Å². The highest BCUT2D eigenvalue weighted by Crippen LogP contribution is 2.38. The van der Waals surface area contributed by atoms with Gasteiger partial charge in [-0.15, -0.1) is 0 Å². The summed E-state index contributed by atoms with van der Waals surface area (Å²) in [4.78, 5) is 4.88. The van der Waals surface area contributed by atoms with Crippen molar-refractivity contribution in [3.8, 4) is 5.75 Å². The quantitative estimate of drug-likeness (QED) is 0.758. The van der Waals surface area contributed by atoms with E-state index in [0.717, 1.165) is 4.73 Å². The minimum absolute atomic E-state index is 0.0364. The number of halogens is 6. The maximum Gasteiger partial charge on any atom is 0.416 e. The molecule has 2 aromatic rings. The standard InChI is InChI=1S/C12H6F6NO/c13-11(14,15)8-5-9(12(16,17)18)7-10(6-8)20-19-3-1-2-4-19/h1,3-7H. The van der Waals surface area contributed by atoms with E-state index in [-0.39, 0.29) is 6.07 Å². The minimum Gasteiger partial charge on any atom is -0.376 e. The third-order valence-electron chi connectivity index (χ3n) is 2.29. The lowest BCUT2D eigenvalue weighted by Crippen LogP contribution is -2.12. The van der Waals surface area contributed by atoms with Gasteiger partial charge in [-0.3, -0.25) is 0 Å². The Morgan fingerprint density at radius 1 is 0.900 bits per heavy atom. The summed E-state index contributed by atoms with van der Waals surface area (Å²) in [6.45, 7) is 0. The van der Waals surface area contributed by atoms with Gasteiger partial charge >= 0.3 is 12.4 Å². The zero-order valence-electron chi connectivity index (χ0n) is 9.59. The fourth-order valence-corrected chi connectivity index (χ4v) is 1.43. The smallest absolute Gasteiger partial charge is 0.376 e. The first kappa shape index (κ1) is 14.3. The van der Waals surface area contributed by atoms with Crippen LogP contribution in [0.4, 0.5) is 26.3 Å². The molecule has 0 aliphatic carbocycles. The molecule has 0 saturated carbocycles. The predicted octanol–water partition coefficient (Wildman–Crippen LogP) is 4.17. The molecule has 1 heterocycles. The van der Waals surface area contributed by atoms with Gasteiger partial charge in [-0.2, -0.15) is 31.1 Å². The monoisotopic (exact) mass is 294 g/mol. The Morgan fingerprint density at radius 2 is 1.45 bits per heavy atom. The molecular formula is C12H6F6NO. The molecule has 0 unspecified atom stereocenters. The Bertz CT molecular complexity index is 553. The normalized spacial score (nSPS) is 12.5. The molecule has 0 N–H and O–H groups in total. The van der Waals surface area contributed by atoms with Crippen molar-refractivity contribution in [2.24, 2.45) is 0 Å². The van der Waals surface area contributed by atoms with E-state index < -0.39 is 29.2 Å². The van der Waals surface area contributed by atoms with Crippen molar-refractivity contribution in [1.29, 1.82) is 0 Å². The van der Waals surface area contributed by atoms with E-state index in [1.54, 1.807) is 0 Å². The Hall–Kier alpha value is -2.12. The summed E-state index contributed by atoms with van der Waals surface area (Å²) >= 11 is 0. The molecule has 1 aromatic heterocycles. The van der Waals surface area contributed by atoms with Crippen LogP contribution >= 0.6 is 0 Å². The summed E-state index contributed by atoms with van der Waals surface area (Å²) in [7, 11) is 0. The molecule has 0 atom stereocenters. The fraction of sp³-hybridized carbons (Fsp3) is 0.167. The zero-order chi connectivity index (χ0) is 15.0. The second kappa shape index (κ2) is 4.77. The average molecular weight is 294 g/mol. The molecule has 0 aliphatic rings. The van der Waals surface area contributed by atoms with E-state index in [0.29, 0.717) is 12.1 Å². The van der Waals surface area contributed by atoms with Gasteiger partial charge in [0.25, 0.3) is 0 Å².